The number of rotatable bonds is 8. The first-order valence-electron chi connectivity index (χ1n) is 7.71. The third-order valence-electron chi connectivity index (χ3n) is 3.63. The van der Waals surface area contributed by atoms with E-state index in [4.69, 9.17) is 0 Å². The minimum atomic E-state index is 0.0692. The fourth-order valence-electron chi connectivity index (χ4n) is 2.44. The maximum absolute atomic E-state index is 11.8. The molecule has 1 heterocycles. The van der Waals surface area contributed by atoms with E-state index in [1.165, 1.54) is 38.5 Å². The highest BCUT2D eigenvalue weighted by molar-refractivity contribution is 5.81. The van der Waals surface area contributed by atoms with Gasteiger partial charge in [0.15, 0.2) is 0 Å². The van der Waals surface area contributed by atoms with Gasteiger partial charge < -0.3 is 10.6 Å². The summed E-state index contributed by atoms with van der Waals surface area (Å²) in [6.07, 6.45) is 9.71. The average Bonchev–Trinajstić information content (AvgIpc) is 2.38. The third kappa shape index (κ3) is 7.00. The topological polar surface area (TPSA) is 41.1 Å². The van der Waals surface area contributed by atoms with Crippen LogP contribution in [0.4, 0.5) is 0 Å². The van der Waals surface area contributed by atoms with Gasteiger partial charge in [0.05, 0.1) is 6.04 Å². The Labute approximate surface area is 112 Å². The molecule has 0 bridgehead atoms. The summed E-state index contributed by atoms with van der Waals surface area (Å²) in [7, 11) is 0. The summed E-state index contributed by atoms with van der Waals surface area (Å²) in [6.45, 7) is 6.39. The Morgan fingerprint density at radius 1 is 1.22 bits per heavy atom. The lowest BCUT2D eigenvalue weighted by Gasteiger charge is -2.22. The molecule has 0 saturated carbocycles. The van der Waals surface area contributed by atoms with Crippen molar-refractivity contribution in [3.63, 3.8) is 0 Å². The molecule has 0 spiro atoms. The van der Waals surface area contributed by atoms with Crippen molar-refractivity contribution in [1.82, 2.24) is 10.6 Å². The van der Waals surface area contributed by atoms with Gasteiger partial charge in [-0.2, -0.15) is 0 Å². The summed E-state index contributed by atoms with van der Waals surface area (Å²) in [5, 5.41) is 6.33. The average molecular weight is 254 g/mol. The molecule has 0 aliphatic carbocycles. The van der Waals surface area contributed by atoms with E-state index in [0.29, 0.717) is 0 Å². The SMILES string of the molecule is CC(C)CCCCCCNC(=O)[C@@H]1CCCCN1. The fourth-order valence-corrected chi connectivity index (χ4v) is 2.44. The monoisotopic (exact) mass is 254 g/mol. The normalized spacial score (nSPS) is 20.1. The minimum Gasteiger partial charge on any atom is -0.355 e. The van der Waals surface area contributed by atoms with Gasteiger partial charge in [-0.3, -0.25) is 4.79 Å². The zero-order chi connectivity index (χ0) is 13.2. The van der Waals surface area contributed by atoms with Gasteiger partial charge in [0.1, 0.15) is 0 Å². The molecule has 0 aromatic carbocycles. The van der Waals surface area contributed by atoms with Crippen LogP contribution in [0.25, 0.3) is 0 Å². The predicted octanol–water partition coefficient (Wildman–Crippen LogP) is 2.85. The van der Waals surface area contributed by atoms with Crippen LogP contribution >= 0.6 is 0 Å². The van der Waals surface area contributed by atoms with E-state index in [9.17, 15) is 4.79 Å². The standard InChI is InChI=1S/C15H30N2O/c1-13(2)9-5-3-4-7-12-17-15(18)14-10-6-8-11-16-14/h13-14,16H,3-12H2,1-2H3,(H,17,18)/t14-/m0/s1. The van der Waals surface area contributed by atoms with Crippen LogP contribution in [0.3, 0.4) is 0 Å². The molecule has 1 aliphatic heterocycles. The van der Waals surface area contributed by atoms with E-state index < -0.39 is 0 Å². The quantitative estimate of drug-likeness (QED) is 0.654. The van der Waals surface area contributed by atoms with E-state index in [1.54, 1.807) is 0 Å². The van der Waals surface area contributed by atoms with Gasteiger partial charge in [0.25, 0.3) is 0 Å². The van der Waals surface area contributed by atoms with Crippen molar-refractivity contribution in [3.05, 3.63) is 0 Å². The summed E-state index contributed by atoms with van der Waals surface area (Å²) in [6, 6.07) is 0.0692. The number of piperidine rings is 1. The molecular formula is C15H30N2O. The molecule has 1 atom stereocenters. The summed E-state index contributed by atoms with van der Waals surface area (Å²) in [4.78, 5) is 11.8. The van der Waals surface area contributed by atoms with Gasteiger partial charge in [-0.25, -0.2) is 0 Å². The molecule has 1 fully saturated rings. The first-order chi connectivity index (χ1) is 8.70. The van der Waals surface area contributed by atoms with Crippen molar-refractivity contribution in [2.75, 3.05) is 13.1 Å². The largest absolute Gasteiger partial charge is 0.355 e. The van der Waals surface area contributed by atoms with Crippen molar-refractivity contribution >= 4 is 5.91 Å². The fraction of sp³-hybridized carbons (Fsp3) is 0.933. The summed E-state index contributed by atoms with van der Waals surface area (Å²) in [5.74, 6) is 1.03. The van der Waals surface area contributed by atoms with Crippen LogP contribution in [0.1, 0.15) is 65.2 Å². The van der Waals surface area contributed by atoms with Crippen molar-refractivity contribution in [3.8, 4) is 0 Å². The molecule has 0 aromatic rings. The van der Waals surface area contributed by atoms with Gasteiger partial charge >= 0.3 is 0 Å². The molecule has 3 nitrogen and oxygen atoms in total. The lowest BCUT2D eigenvalue weighted by molar-refractivity contribution is -0.123. The highest BCUT2D eigenvalue weighted by Crippen LogP contribution is 2.09. The zero-order valence-electron chi connectivity index (χ0n) is 12.1. The number of amides is 1. The smallest absolute Gasteiger partial charge is 0.237 e. The van der Waals surface area contributed by atoms with Gasteiger partial charge in [-0.15, -0.1) is 0 Å². The number of carbonyl (C=O) groups is 1. The van der Waals surface area contributed by atoms with Crippen LogP contribution in [0.2, 0.25) is 0 Å². The Balaban J connectivity index is 1.92. The zero-order valence-corrected chi connectivity index (χ0v) is 12.1. The van der Waals surface area contributed by atoms with Crippen molar-refractivity contribution in [2.45, 2.75) is 71.3 Å². The lowest BCUT2D eigenvalue weighted by Crippen LogP contribution is -2.46. The van der Waals surface area contributed by atoms with Crippen LogP contribution in [0, 0.1) is 5.92 Å². The summed E-state index contributed by atoms with van der Waals surface area (Å²) < 4.78 is 0. The molecule has 1 aliphatic rings. The van der Waals surface area contributed by atoms with Gasteiger partial charge in [0, 0.05) is 6.54 Å². The number of unbranched alkanes of at least 4 members (excludes halogenated alkanes) is 3. The molecule has 0 aromatic heterocycles. The van der Waals surface area contributed by atoms with Gasteiger partial charge in [-0.05, 0) is 31.7 Å². The minimum absolute atomic E-state index is 0.0692. The van der Waals surface area contributed by atoms with Crippen LogP contribution in [-0.2, 0) is 4.79 Å². The molecule has 0 unspecified atom stereocenters. The van der Waals surface area contributed by atoms with E-state index in [-0.39, 0.29) is 11.9 Å². The second-order valence-corrected chi connectivity index (χ2v) is 5.89. The van der Waals surface area contributed by atoms with E-state index >= 15 is 0 Å². The first kappa shape index (κ1) is 15.5. The number of hydrogen-bond acceptors (Lipinski definition) is 2. The number of hydrogen-bond donors (Lipinski definition) is 2. The highest BCUT2D eigenvalue weighted by Gasteiger charge is 2.19. The molecule has 18 heavy (non-hydrogen) atoms. The Morgan fingerprint density at radius 2 is 2.00 bits per heavy atom. The third-order valence-corrected chi connectivity index (χ3v) is 3.63. The number of carbonyl (C=O) groups excluding carboxylic acids is 1. The molecule has 3 heteroatoms. The molecule has 1 saturated heterocycles. The van der Waals surface area contributed by atoms with Crippen molar-refractivity contribution < 1.29 is 4.79 Å². The van der Waals surface area contributed by atoms with Gasteiger partial charge in [-0.1, -0.05) is 46.0 Å². The maximum atomic E-state index is 11.8. The lowest BCUT2D eigenvalue weighted by atomic mass is 10.0. The van der Waals surface area contributed by atoms with Crippen LogP contribution in [0.15, 0.2) is 0 Å². The molecule has 1 amide bonds. The van der Waals surface area contributed by atoms with Crippen molar-refractivity contribution in [2.24, 2.45) is 5.92 Å². The number of nitrogens with one attached hydrogen (secondary N) is 2. The first-order valence-corrected chi connectivity index (χ1v) is 7.71. The Bertz CT molecular complexity index is 223. The van der Waals surface area contributed by atoms with Crippen LogP contribution in [-0.4, -0.2) is 25.0 Å². The predicted molar refractivity (Wildman–Crippen MR) is 76.6 cm³/mol. The molecule has 1 rings (SSSR count). The Morgan fingerprint density at radius 3 is 2.67 bits per heavy atom. The molecule has 0 radical (unpaired) electrons. The molecular weight excluding hydrogens is 224 g/mol. The Hall–Kier alpha value is -0.570. The second-order valence-electron chi connectivity index (χ2n) is 5.89. The molecule has 2 N–H and O–H groups in total. The van der Waals surface area contributed by atoms with E-state index in [2.05, 4.69) is 24.5 Å². The second kappa shape index (κ2) is 9.37. The van der Waals surface area contributed by atoms with Crippen molar-refractivity contribution in [1.29, 1.82) is 0 Å². The van der Waals surface area contributed by atoms with E-state index in [0.717, 1.165) is 31.8 Å². The van der Waals surface area contributed by atoms with Crippen LogP contribution < -0.4 is 10.6 Å². The van der Waals surface area contributed by atoms with Crippen LogP contribution in [0.5, 0.6) is 0 Å². The maximum Gasteiger partial charge on any atom is 0.237 e. The summed E-state index contributed by atoms with van der Waals surface area (Å²) in [5.41, 5.74) is 0. The molecule has 106 valence electrons. The Kier molecular flexibility index (Phi) is 8.06. The summed E-state index contributed by atoms with van der Waals surface area (Å²) >= 11 is 0. The van der Waals surface area contributed by atoms with Gasteiger partial charge in [0.2, 0.25) is 5.91 Å². The highest BCUT2D eigenvalue weighted by atomic mass is 16.2. The van der Waals surface area contributed by atoms with E-state index in [1.807, 2.05) is 0 Å².